The molecule has 3 rings (SSSR count). The molecule has 0 saturated heterocycles. The maximum atomic E-state index is 12.1. The van der Waals surface area contributed by atoms with Crippen LogP contribution in [0.25, 0.3) is 0 Å². The second-order valence-corrected chi connectivity index (χ2v) is 6.56. The fraction of sp³-hybridized carbons (Fsp3) is 0.235. The predicted octanol–water partition coefficient (Wildman–Crippen LogP) is 4.38. The number of ketones is 1. The van der Waals surface area contributed by atoms with Gasteiger partial charge in [0.1, 0.15) is 0 Å². The smallest absolute Gasteiger partial charge is 0.173 e. The Labute approximate surface area is 146 Å². The number of carbonyl (C=O) groups excluding carboxylic acids is 1. The highest BCUT2D eigenvalue weighted by atomic mass is 35.5. The third kappa shape index (κ3) is 4.26. The second kappa shape index (κ2) is 8.02. The molecule has 0 amide bonds. The van der Waals surface area contributed by atoms with E-state index in [1.165, 1.54) is 11.1 Å². The molecule has 0 aromatic heterocycles. The molecule has 0 aliphatic carbocycles. The minimum atomic E-state index is 0. The zero-order chi connectivity index (χ0) is 14.7. The number of benzene rings is 2. The number of Topliss-reactive ketones (excluding diaryl/α,β-unsaturated/α-hetero) is 1. The Hall–Kier alpha value is -1.00. The van der Waals surface area contributed by atoms with Crippen LogP contribution < -0.4 is 5.32 Å². The van der Waals surface area contributed by atoms with Gasteiger partial charge in [0.05, 0.1) is 5.75 Å². The monoisotopic (exact) mass is 353 g/mol. The van der Waals surface area contributed by atoms with Crippen LogP contribution in [0.1, 0.15) is 21.5 Å². The summed E-state index contributed by atoms with van der Waals surface area (Å²) in [6, 6.07) is 13.6. The van der Waals surface area contributed by atoms with E-state index in [0.717, 1.165) is 24.4 Å². The Balaban J connectivity index is 0.00000176. The summed E-state index contributed by atoms with van der Waals surface area (Å²) < 4.78 is 0. The molecule has 0 bridgehead atoms. The first-order chi connectivity index (χ1) is 10.2. The van der Waals surface area contributed by atoms with E-state index >= 15 is 0 Å². The molecule has 2 aromatic rings. The molecule has 0 radical (unpaired) electrons. The van der Waals surface area contributed by atoms with Crippen LogP contribution in [0.4, 0.5) is 0 Å². The number of thioether (sulfide) groups is 1. The molecule has 5 heteroatoms. The quantitative estimate of drug-likeness (QED) is 0.653. The van der Waals surface area contributed by atoms with Gasteiger partial charge in [0.25, 0.3) is 0 Å². The van der Waals surface area contributed by atoms with E-state index < -0.39 is 0 Å². The molecule has 1 N–H and O–H groups in total. The van der Waals surface area contributed by atoms with Crippen molar-refractivity contribution in [2.24, 2.45) is 0 Å². The van der Waals surface area contributed by atoms with Crippen LogP contribution in [0.5, 0.6) is 0 Å². The minimum absolute atomic E-state index is 0. The first-order valence-electron chi connectivity index (χ1n) is 6.96. The summed E-state index contributed by atoms with van der Waals surface area (Å²) in [6.07, 6.45) is 1.09. The van der Waals surface area contributed by atoms with Crippen LogP contribution >= 0.6 is 35.8 Å². The van der Waals surface area contributed by atoms with Gasteiger partial charge in [-0.25, -0.2) is 0 Å². The highest BCUT2D eigenvalue weighted by Crippen LogP contribution is 2.24. The Kier molecular flexibility index (Phi) is 6.33. The van der Waals surface area contributed by atoms with Crippen LogP contribution in [0.3, 0.4) is 0 Å². The largest absolute Gasteiger partial charge is 0.312 e. The van der Waals surface area contributed by atoms with Crippen molar-refractivity contribution in [3.63, 3.8) is 0 Å². The molecule has 22 heavy (non-hydrogen) atoms. The summed E-state index contributed by atoms with van der Waals surface area (Å²) in [6.45, 7) is 1.98. The van der Waals surface area contributed by atoms with E-state index in [1.807, 2.05) is 0 Å². The molecule has 0 atom stereocenters. The number of nitrogens with one attached hydrogen (secondary N) is 1. The van der Waals surface area contributed by atoms with E-state index in [-0.39, 0.29) is 18.2 Å². The van der Waals surface area contributed by atoms with E-state index in [9.17, 15) is 4.79 Å². The molecular formula is C17H17Cl2NOS. The van der Waals surface area contributed by atoms with Gasteiger partial charge in [-0.3, -0.25) is 4.79 Å². The highest BCUT2D eigenvalue weighted by Gasteiger charge is 2.11. The van der Waals surface area contributed by atoms with Crippen molar-refractivity contribution in [2.75, 3.05) is 12.3 Å². The van der Waals surface area contributed by atoms with E-state index in [2.05, 4.69) is 23.5 Å². The SMILES string of the molecule is Cl.O=C(CSc1ccc2c(c1)CNCC2)c1ccc(Cl)cc1. The predicted molar refractivity (Wildman–Crippen MR) is 95.6 cm³/mol. The van der Waals surface area contributed by atoms with Gasteiger partial charge < -0.3 is 5.32 Å². The van der Waals surface area contributed by atoms with Crippen LogP contribution in [0, 0.1) is 0 Å². The first kappa shape index (κ1) is 17.4. The van der Waals surface area contributed by atoms with E-state index in [4.69, 9.17) is 11.6 Å². The third-order valence-corrected chi connectivity index (χ3v) is 4.85. The summed E-state index contributed by atoms with van der Waals surface area (Å²) in [4.78, 5) is 13.3. The van der Waals surface area contributed by atoms with Gasteiger partial charge in [0.2, 0.25) is 0 Å². The van der Waals surface area contributed by atoms with Gasteiger partial charge >= 0.3 is 0 Å². The molecule has 0 spiro atoms. The molecular weight excluding hydrogens is 337 g/mol. The molecule has 0 fully saturated rings. The van der Waals surface area contributed by atoms with Crippen molar-refractivity contribution in [1.82, 2.24) is 5.32 Å². The second-order valence-electron chi connectivity index (χ2n) is 5.08. The van der Waals surface area contributed by atoms with Crippen LogP contribution in [0.15, 0.2) is 47.4 Å². The maximum absolute atomic E-state index is 12.1. The van der Waals surface area contributed by atoms with Crippen molar-refractivity contribution >= 4 is 41.6 Å². The number of hydrogen-bond acceptors (Lipinski definition) is 3. The number of halogens is 2. The lowest BCUT2D eigenvalue weighted by molar-refractivity contribution is 0.102. The average molecular weight is 354 g/mol. The Bertz CT molecular complexity index is 658. The van der Waals surface area contributed by atoms with Gasteiger partial charge in [0.15, 0.2) is 5.78 Å². The number of hydrogen-bond donors (Lipinski definition) is 1. The Morgan fingerprint density at radius 3 is 2.68 bits per heavy atom. The summed E-state index contributed by atoms with van der Waals surface area (Å²) >= 11 is 7.42. The number of rotatable bonds is 4. The van der Waals surface area contributed by atoms with Crippen LogP contribution in [-0.2, 0) is 13.0 Å². The topological polar surface area (TPSA) is 29.1 Å². The normalized spacial score (nSPS) is 13.1. The lowest BCUT2D eigenvalue weighted by Crippen LogP contribution is -2.23. The maximum Gasteiger partial charge on any atom is 0.173 e. The molecule has 1 aliphatic rings. The highest BCUT2D eigenvalue weighted by molar-refractivity contribution is 8.00. The molecule has 0 saturated carbocycles. The van der Waals surface area contributed by atoms with Gasteiger partial charge in [-0.1, -0.05) is 17.7 Å². The summed E-state index contributed by atoms with van der Waals surface area (Å²) in [7, 11) is 0. The molecule has 2 nitrogen and oxygen atoms in total. The van der Waals surface area contributed by atoms with Crippen molar-refractivity contribution in [2.45, 2.75) is 17.9 Å². The molecule has 1 heterocycles. The lowest BCUT2D eigenvalue weighted by atomic mass is 10.0. The van der Waals surface area contributed by atoms with E-state index in [0.29, 0.717) is 16.3 Å². The Morgan fingerprint density at radius 1 is 1.14 bits per heavy atom. The number of fused-ring (bicyclic) bond motifs is 1. The van der Waals surface area contributed by atoms with Crippen molar-refractivity contribution in [3.8, 4) is 0 Å². The molecule has 2 aromatic carbocycles. The van der Waals surface area contributed by atoms with Crippen molar-refractivity contribution in [3.05, 3.63) is 64.2 Å². The van der Waals surface area contributed by atoms with Gasteiger partial charge in [0, 0.05) is 22.0 Å². The van der Waals surface area contributed by atoms with Gasteiger partial charge in [-0.2, -0.15) is 0 Å². The molecule has 116 valence electrons. The van der Waals surface area contributed by atoms with Crippen LogP contribution in [-0.4, -0.2) is 18.1 Å². The van der Waals surface area contributed by atoms with Crippen molar-refractivity contribution in [1.29, 1.82) is 0 Å². The van der Waals surface area contributed by atoms with Gasteiger partial charge in [-0.15, -0.1) is 24.2 Å². The average Bonchev–Trinajstić information content (AvgIpc) is 2.53. The van der Waals surface area contributed by atoms with E-state index in [1.54, 1.807) is 36.0 Å². The Morgan fingerprint density at radius 2 is 1.91 bits per heavy atom. The zero-order valence-electron chi connectivity index (χ0n) is 12.0. The third-order valence-electron chi connectivity index (χ3n) is 3.60. The van der Waals surface area contributed by atoms with Gasteiger partial charge in [-0.05, 0) is 60.5 Å². The fourth-order valence-corrected chi connectivity index (χ4v) is 3.39. The molecule has 1 aliphatic heterocycles. The minimum Gasteiger partial charge on any atom is -0.312 e. The fourth-order valence-electron chi connectivity index (χ4n) is 2.41. The standard InChI is InChI=1S/C17H16ClNOS.ClH/c18-15-4-1-13(2-5-15)17(20)11-21-16-6-3-12-7-8-19-10-14(12)9-16;/h1-6,9,19H,7-8,10-11H2;1H. The summed E-state index contributed by atoms with van der Waals surface area (Å²) in [5, 5.41) is 4.03. The summed E-state index contributed by atoms with van der Waals surface area (Å²) in [5.74, 6) is 0.584. The number of carbonyl (C=O) groups is 1. The van der Waals surface area contributed by atoms with Crippen LogP contribution in [0.2, 0.25) is 5.02 Å². The zero-order valence-corrected chi connectivity index (χ0v) is 14.4. The summed E-state index contributed by atoms with van der Waals surface area (Å²) in [5.41, 5.74) is 3.49. The lowest BCUT2D eigenvalue weighted by Gasteiger charge is -2.17. The van der Waals surface area contributed by atoms with Crippen molar-refractivity contribution < 1.29 is 4.79 Å². The first-order valence-corrected chi connectivity index (χ1v) is 8.33. The molecule has 0 unspecified atom stereocenters.